The summed E-state index contributed by atoms with van der Waals surface area (Å²) in [6.45, 7) is 2.15. The van der Waals surface area contributed by atoms with Gasteiger partial charge in [0, 0.05) is 24.6 Å². The maximum atomic E-state index is 12.4. The van der Waals surface area contributed by atoms with Gasteiger partial charge >= 0.3 is 0 Å². The standard InChI is InChI=1S/C22H25NO4/c1-16(25-15-17-8-4-2-5-9-17)21(24)23-18-10-11-19-20(14-18)27-22(26-19)12-6-3-7-13-22/h2,4-5,8-11,14,16H,3,6-7,12-13,15H2,1H3,(H,23,24). The molecule has 0 bridgehead atoms. The number of hydrogen-bond donors (Lipinski definition) is 1. The molecule has 5 nitrogen and oxygen atoms in total. The Morgan fingerprint density at radius 2 is 1.81 bits per heavy atom. The van der Waals surface area contributed by atoms with Crippen molar-refractivity contribution in [1.29, 1.82) is 0 Å². The molecule has 1 unspecified atom stereocenters. The lowest BCUT2D eigenvalue weighted by Gasteiger charge is -2.31. The molecule has 27 heavy (non-hydrogen) atoms. The highest BCUT2D eigenvalue weighted by Gasteiger charge is 2.42. The van der Waals surface area contributed by atoms with Gasteiger partial charge in [0.2, 0.25) is 0 Å². The van der Waals surface area contributed by atoms with Gasteiger partial charge in [0.1, 0.15) is 6.10 Å². The number of carbonyl (C=O) groups excluding carboxylic acids is 1. The molecule has 4 rings (SSSR count). The van der Waals surface area contributed by atoms with Crippen molar-refractivity contribution in [2.45, 2.75) is 57.5 Å². The number of anilines is 1. The van der Waals surface area contributed by atoms with Crippen LogP contribution in [0.15, 0.2) is 48.5 Å². The molecule has 0 saturated heterocycles. The molecule has 1 saturated carbocycles. The molecular formula is C22H25NO4. The molecule has 2 aromatic rings. The van der Waals surface area contributed by atoms with E-state index in [0.717, 1.165) is 37.0 Å². The highest BCUT2D eigenvalue weighted by atomic mass is 16.7. The van der Waals surface area contributed by atoms with Crippen LogP contribution < -0.4 is 14.8 Å². The van der Waals surface area contributed by atoms with E-state index in [1.807, 2.05) is 48.5 Å². The van der Waals surface area contributed by atoms with Gasteiger partial charge in [0.15, 0.2) is 11.5 Å². The Balaban J connectivity index is 1.35. The summed E-state index contributed by atoms with van der Waals surface area (Å²) in [7, 11) is 0. The Bertz CT molecular complexity index is 799. The lowest BCUT2D eigenvalue weighted by atomic mass is 9.94. The lowest BCUT2D eigenvalue weighted by molar-refractivity contribution is -0.127. The predicted octanol–water partition coefficient (Wildman–Crippen LogP) is 4.66. The smallest absolute Gasteiger partial charge is 0.253 e. The summed E-state index contributed by atoms with van der Waals surface area (Å²) in [5.74, 6) is 0.767. The molecule has 1 amide bonds. The van der Waals surface area contributed by atoms with Crippen LogP contribution in [-0.2, 0) is 16.1 Å². The zero-order chi connectivity index (χ0) is 18.7. The molecule has 1 heterocycles. The predicted molar refractivity (Wildman–Crippen MR) is 103 cm³/mol. The number of rotatable bonds is 5. The van der Waals surface area contributed by atoms with Crippen molar-refractivity contribution in [3.05, 3.63) is 54.1 Å². The highest BCUT2D eigenvalue weighted by Crippen LogP contribution is 2.46. The van der Waals surface area contributed by atoms with E-state index in [0.29, 0.717) is 18.0 Å². The van der Waals surface area contributed by atoms with Gasteiger partial charge in [-0.05, 0) is 37.5 Å². The molecule has 0 radical (unpaired) electrons. The second kappa shape index (κ2) is 7.61. The Morgan fingerprint density at radius 3 is 2.59 bits per heavy atom. The first-order valence-electron chi connectivity index (χ1n) is 9.62. The van der Waals surface area contributed by atoms with Crippen LogP contribution in [0.4, 0.5) is 5.69 Å². The number of amides is 1. The van der Waals surface area contributed by atoms with Gasteiger partial charge in [-0.15, -0.1) is 0 Å². The third kappa shape index (κ3) is 4.08. The minimum absolute atomic E-state index is 0.183. The maximum Gasteiger partial charge on any atom is 0.253 e. The summed E-state index contributed by atoms with van der Waals surface area (Å²) in [4.78, 5) is 12.4. The van der Waals surface area contributed by atoms with E-state index < -0.39 is 11.9 Å². The van der Waals surface area contributed by atoms with Gasteiger partial charge < -0.3 is 19.5 Å². The summed E-state index contributed by atoms with van der Waals surface area (Å²) in [6.07, 6.45) is 4.73. The number of nitrogens with one attached hydrogen (secondary N) is 1. The SMILES string of the molecule is CC(OCc1ccccc1)C(=O)Nc1ccc2c(c1)OC1(CCCCC1)O2. The number of ether oxygens (including phenoxy) is 3. The zero-order valence-corrected chi connectivity index (χ0v) is 15.6. The van der Waals surface area contributed by atoms with E-state index in [-0.39, 0.29) is 5.91 Å². The Hall–Kier alpha value is -2.53. The number of benzene rings is 2. The number of fused-ring (bicyclic) bond motifs is 1. The van der Waals surface area contributed by atoms with Crippen LogP contribution in [0.1, 0.15) is 44.6 Å². The Morgan fingerprint density at radius 1 is 1.07 bits per heavy atom. The molecule has 1 spiro atoms. The van der Waals surface area contributed by atoms with Gasteiger partial charge in [0.25, 0.3) is 11.7 Å². The van der Waals surface area contributed by atoms with Crippen molar-refractivity contribution >= 4 is 11.6 Å². The zero-order valence-electron chi connectivity index (χ0n) is 15.6. The Kier molecular flexibility index (Phi) is 5.03. The summed E-state index contributed by atoms with van der Waals surface area (Å²) >= 11 is 0. The van der Waals surface area contributed by atoms with Crippen molar-refractivity contribution < 1.29 is 19.0 Å². The monoisotopic (exact) mass is 367 g/mol. The van der Waals surface area contributed by atoms with E-state index in [4.69, 9.17) is 14.2 Å². The Labute approximate surface area is 159 Å². The lowest BCUT2D eigenvalue weighted by Crippen LogP contribution is -2.40. The molecule has 5 heteroatoms. The van der Waals surface area contributed by atoms with Crippen LogP contribution in [0.25, 0.3) is 0 Å². The van der Waals surface area contributed by atoms with Crippen molar-refractivity contribution in [3.63, 3.8) is 0 Å². The molecule has 1 aliphatic carbocycles. The average molecular weight is 367 g/mol. The highest BCUT2D eigenvalue weighted by molar-refractivity contribution is 5.94. The quantitative estimate of drug-likeness (QED) is 0.835. The third-order valence-corrected chi connectivity index (χ3v) is 5.13. The first kappa shape index (κ1) is 17.9. The molecule has 1 aliphatic heterocycles. The van der Waals surface area contributed by atoms with Crippen LogP contribution >= 0.6 is 0 Å². The van der Waals surface area contributed by atoms with E-state index in [1.54, 1.807) is 6.92 Å². The van der Waals surface area contributed by atoms with Crippen LogP contribution in [0.2, 0.25) is 0 Å². The molecular weight excluding hydrogens is 342 g/mol. The fourth-order valence-corrected chi connectivity index (χ4v) is 3.58. The van der Waals surface area contributed by atoms with E-state index >= 15 is 0 Å². The van der Waals surface area contributed by atoms with Crippen molar-refractivity contribution in [3.8, 4) is 11.5 Å². The minimum Gasteiger partial charge on any atom is -0.448 e. The second-order valence-corrected chi connectivity index (χ2v) is 7.27. The second-order valence-electron chi connectivity index (χ2n) is 7.27. The molecule has 2 aliphatic rings. The fourth-order valence-electron chi connectivity index (χ4n) is 3.58. The summed E-state index contributed by atoms with van der Waals surface area (Å²) in [5, 5.41) is 2.90. The van der Waals surface area contributed by atoms with Gasteiger partial charge in [-0.25, -0.2) is 0 Å². The van der Waals surface area contributed by atoms with Gasteiger partial charge in [-0.1, -0.05) is 36.8 Å². The first-order chi connectivity index (χ1) is 13.1. The molecule has 2 aromatic carbocycles. The van der Waals surface area contributed by atoms with Gasteiger partial charge in [-0.2, -0.15) is 0 Å². The third-order valence-electron chi connectivity index (χ3n) is 5.13. The fraction of sp³-hybridized carbons (Fsp3) is 0.409. The van der Waals surface area contributed by atoms with Gasteiger partial charge in [0.05, 0.1) is 6.61 Å². The molecule has 1 atom stereocenters. The van der Waals surface area contributed by atoms with Crippen molar-refractivity contribution in [1.82, 2.24) is 0 Å². The van der Waals surface area contributed by atoms with Crippen LogP contribution in [0.3, 0.4) is 0 Å². The van der Waals surface area contributed by atoms with Crippen LogP contribution in [0.5, 0.6) is 11.5 Å². The van der Waals surface area contributed by atoms with E-state index in [2.05, 4.69) is 5.32 Å². The average Bonchev–Trinajstić information content (AvgIpc) is 3.03. The first-order valence-corrected chi connectivity index (χ1v) is 9.62. The molecule has 1 fully saturated rings. The topological polar surface area (TPSA) is 56.8 Å². The van der Waals surface area contributed by atoms with Crippen molar-refractivity contribution in [2.75, 3.05) is 5.32 Å². The van der Waals surface area contributed by atoms with Gasteiger partial charge in [-0.3, -0.25) is 4.79 Å². The van der Waals surface area contributed by atoms with Crippen molar-refractivity contribution in [2.24, 2.45) is 0 Å². The largest absolute Gasteiger partial charge is 0.448 e. The number of carbonyl (C=O) groups is 1. The van der Waals surface area contributed by atoms with E-state index in [9.17, 15) is 4.79 Å². The summed E-state index contributed by atoms with van der Waals surface area (Å²) in [6, 6.07) is 15.4. The normalized spacial score (nSPS) is 18.3. The van der Waals surface area contributed by atoms with Crippen LogP contribution in [-0.4, -0.2) is 17.8 Å². The minimum atomic E-state index is -0.555. The van der Waals surface area contributed by atoms with Crippen LogP contribution in [0, 0.1) is 0 Å². The molecule has 142 valence electrons. The summed E-state index contributed by atoms with van der Waals surface area (Å²) in [5.41, 5.74) is 1.73. The summed E-state index contributed by atoms with van der Waals surface area (Å²) < 4.78 is 17.9. The van der Waals surface area contributed by atoms with E-state index in [1.165, 1.54) is 6.42 Å². The number of hydrogen-bond acceptors (Lipinski definition) is 4. The maximum absolute atomic E-state index is 12.4. The molecule has 1 N–H and O–H groups in total. The molecule has 0 aromatic heterocycles.